The molecule has 3 aromatic rings. The van der Waals surface area contributed by atoms with Crippen molar-refractivity contribution in [2.24, 2.45) is 0 Å². The lowest BCUT2D eigenvalue weighted by Gasteiger charge is -2.06. The predicted molar refractivity (Wildman–Crippen MR) is 77.7 cm³/mol. The highest BCUT2D eigenvalue weighted by Gasteiger charge is 2.11. The van der Waals surface area contributed by atoms with Gasteiger partial charge < -0.3 is 4.74 Å². The number of nitrogens with zero attached hydrogens (tertiary/aromatic N) is 2. The van der Waals surface area contributed by atoms with E-state index in [0.29, 0.717) is 12.3 Å². The normalized spacial score (nSPS) is 10.9. The monoisotopic (exact) mass is 266 g/mol. The molecular formula is C16H14N2O2. The maximum absolute atomic E-state index is 11.8. The van der Waals surface area contributed by atoms with Crippen LogP contribution >= 0.6 is 0 Å². The number of pyridine rings is 2. The fraction of sp³-hybridized carbons (Fsp3) is 0.188. The Bertz CT molecular complexity index is 812. The van der Waals surface area contributed by atoms with E-state index in [4.69, 9.17) is 4.74 Å². The van der Waals surface area contributed by atoms with Crippen molar-refractivity contribution >= 4 is 27.8 Å². The van der Waals surface area contributed by atoms with Gasteiger partial charge in [0, 0.05) is 16.5 Å². The minimum Gasteiger partial charge on any atom is -0.461 e. The zero-order valence-electron chi connectivity index (χ0n) is 11.4. The summed E-state index contributed by atoms with van der Waals surface area (Å²) in [5.74, 6) is -0.404. The Labute approximate surface area is 116 Å². The molecule has 100 valence electrons. The molecule has 0 saturated carbocycles. The number of hydrogen-bond donors (Lipinski definition) is 0. The van der Waals surface area contributed by atoms with Gasteiger partial charge in [-0.1, -0.05) is 24.3 Å². The van der Waals surface area contributed by atoms with Crippen molar-refractivity contribution in [2.75, 3.05) is 6.61 Å². The highest BCUT2D eigenvalue weighted by Crippen LogP contribution is 2.23. The third kappa shape index (κ3) is 2.09. The van der Waals surface area contributed by atoms with Gasteiger partial charge in [0.1, 0.15) is 5.69 Å². The number of benzene rings is 1. The predicted octanol–water partition coefficient (Wildman–Crippen LogP) is 3.27. The Morgan fingerprint density at radius 1 is 1.00 bits per heavy atom. The molecule has 2 aromatic heterocycles. The number of aromatic nitrogens is 2. The third-order valence-corrected chi connectivity index (χ3v) is 3.14. The molecule has 0 aliphatic heterocycles. The standard InChI is InChI=1S/C16H14N2O2/c1-3-20-16(19)13-9-8-12-7-6-11-5-4-10(2)17-14(11)15(12)18-13/h4-9H,3H2,1-2H3. The maximum atomic E-state index is 11.8. The number of fused-ring (bicyclic) bond motifs is 3. The Morgan fingerprint density at radius 3 is 2.30 bits per heavy atom. The molecule has 0 aliphatic rings. The molecule has 0 unspecified atom stereocenters. The average molecular weight is 266 g/mol. The molecule has 0 atom stereocenters. The number of aryl methyl sites for hydroxylation is 1. The van der Waals surface area contributed by atoms with Crippen molar-refractivity contribution in [3.63, 3.8) is 0 Å². The zero-order chi connectivity index (χ0) is 14.1. The summed E-state index contributed by atoms with van der Waals surface area (Å²) in [5, 5.41) is 1.97. The first kappa shape index (κ1) is 12.5. The van der Waals surface area contributed by atoms with Crippen molar-refractivity contribution in [3.8, 4) is 0 Å². The molecule has 0 N–H and O–H groups in total. The fourth-order valence-corrected chi connectivity index (χ4v) is 2.18. The molecule has 0 fully saturated rings. The second-order valence-electron chi connectivity index (χ2n) is 4.58. The van der Waals surface area contributed by atoms with Gasteiger partial charge in [-0.05, 0) is 26.0 Å². The number of carbonyl (C=O) groups excluding carboxylic acids is 1. The summed E-state index contributed by atoms with van der Waals surface area (Å²) in [6.45, 7) is 4.05. The molecule has 1 aromatic carbocycles. The molecule has 0 saturated heterocycles. The van der Waals surface area contributed by atoms with Crippen molar-refractivity contribution in [3.05, 3.63) is 47.8 Å². The average Bonchev–Trinajstić information content (AvgIpc) is 2.46. The van der Waals surface area contributed by atoms with E-state index in [1.165, 1.54) is 0 Å². The van der Waals surface area contributed by atoms with E-state index in [-0.39, 0.29) is 0 Å². The SMILES string of the molecule is CCOC(=O)c1ccc2ccc3ccc(C)nc3c2n1. The van der Waals surface area contributed by atoms with E-state index in [1.54, 1.807) is 13.0 Å². The fourth-order valence-electron chi connectivity index (χ4n) is 2.18. The second-order valence-corrected chi connectivity index (χ2v) is 4.58. The van der Waals surface area contributed by atoms with Gasteiger partial charge in [-0.15, -0.1) is 0 Å². The number of rotatable bonds is 2. The third-order valence-electron chi connectivity index (χ3n) is 3.14. The Hall–Kier alpha value is -2.49. The minimum atomic E-state index is -0.404. The van der Waals surface area contributed by atoms with Crippen molar-refractivity contribution in [2.45, 2.75) is 13.8 Å². The first-order valence-corrected chi connectivity index (χ1v) is 6.53. The number of carbonyl (C=O) groups is 1. The van der Waals surface area contributed by atoms with Gasteiger partial charge in [0.05, 0.1) is 17.6 Å². The molecule has 0 aliphatic carbocycles. The van der Waals surface area contributed by atoms with Crippen LogP contribution in [0.2, 0.25) is 0 Å². The molecule has 4 heteroatoms. The van der Waals surface area contributed by atoms with E-state index in [0.717, 1.165) is 27.5 Å². The molecule has 4 nitrogen and oxygen atoms in total. The van der Waals surface area contributed by atoms with Gasteiger partial charge in [0.25, 0.3) is 0 Å². The first-order chi connectivity index (χ1) is 9.69. The van der Waals surface area contributed by atoms with Crippen LogP contribution in [0.4, 0.5) is 0 Å². The van der Waals surface area contributed by atoms with Gasteiger partial charge in [0.2, 0.25) is 0 Å². The van der Waals surface area contributed by atoms with Gasteiger partial charge in [0.15, 0.2) is 0 Å². The molecule has 0 radical (unpaired) electrons. The summed E-state index contributed by atoms with van der Waals surface area (Å²) < 4.78 is 4.99. The van der Waals surface area contributed by atoms with E-state index in [2.05, 4.69) is 9.97 Å². The number of esters is 1. The highest BCUT2D eigenvalue weighted by molar-refractivity contribution is 6.04. The largest absolute Gasteiger partial charge is 0.461 e. The van der Waals surface area contributed by atoms with E-state index < -0.39 is 5.97 Å². The van der Waals surface area contributed by atoms with Crippen LogP contribution in [0.5, 0.6) is 0 Å². The Balaban J connectivity index is 2.27. The Kier molecular flexibility index (Phi) is 3.06. The smallest absolute Gasteiger partial charge is 0.356 e. The molecule has 0 amide bonds. The lowest BCUT2D eigenvalue weighted by atomic mass is 10.1. The van der Waals surface area contributed by atoms with Crippen molar-refractivity contribution < 1.29 is 9.53 Å². The second kappa shape index (κ2) is 4.89. The van der Waals surface area contributed by atoms with E-state index in [9.17, 15) is 4.79 Å². The van der Waals surface area contributed by atoms with Crippen molar-refractivity contribution in [1.82, 2.24) is 9.97 Å². The summed E-state index contributed by atoms with van der Waals surface area (Å²) in [7, 11) is 0. The lowest BCUT2D eigenvalue weighted by Crippen LogP contribution is -2.07. The molecule has 0 bridgehead atoms. The van der Waals surface area contributed by atoms with Crippen LogP contribution in [0.1, 0.15) is 23.1 Å². The van der Waals surface area contributed by atoms with Gasteiger partial charge in [-0.25, -0.2) is 9.78 Å². The van der Waals surface area contributed by atoms with Crippen LogP contribution in [0, 0.1) is 6.92 Å². The van der Waals surface area contributed by atoms with Gasteiger partial charge >= 0.3 is 5.97 Å². The minimum absolute atomic E-state index is 0.315. The summed E-state index contributed by atoms with van der Waals surface area (Å²) >= 11 is 0. The number of hydrogen-bond acceptors (Lipinski definition) is 4. The molecule has 2 heterocycles. The van der Waals surface area contributed by atoms with E-state index >= 15 is 0 Å². The molecule has 3 rings (SSSR count). The van der Waals surface area contributed by atoms with Crippen LogP contribution in [0.25, 0.3) is 21.8 Å². The van der Waals surface area contributed by atoms with Crippen LogP contribution in [0.15, 0.2) is 36.4 Å². The first-order valence-electron chi connectivity index (χ1n) is 6.53. The molecule has 0 spiro atoms. The summed E-state index contributed by atoms with van der Waals surface area (Å²) in [5.41, 5.74) is 2.79. The quantitative estimate of drug-likeness (QED) is 0.527. The van der Waals surface area contributed by atoms with Gasteiger partial charge in [-0.3, -0.25) is 4.98 Å². The maximum Gasteiger partial charge on any atom is 0.356 e. The summed E-state index contributed by atoms with van der Waals surface area (Å²) in [6.07, 6.45) is 0. The molecule has 20 heavy (non-hydrogen) atoms. The van der Waals surface area contributed by atoms with Crippen molar-refractivity contribution in [1.29, 1.82) is 0 Å². The van der Waals surface area contributed by atoms with Crippen LogP contribution in [-0.2, 0) is 4.74 Å². The zero-order valence-corrected chi connectivity index (χ0v) is 11.4. The number of ether oxygens (including phenoxy) is 1. The molecular weight excluding hydrogens is 252 g/mol. The summed E-state index contributed by atoms with van der Waals surface area (Å²) in [6, 6.07) is 11.5. The van der Waals surface area contributed by atoms with E-state index in [1.807, 2.05) is 37.3 Å². The Morgan fingerprint density at radius 2 is 1.60 bits per heavy atom. The van der Waals surface area contributed by atoms with Crippen LogP contribution < -0.4 is 0 Å². The summed E-state index contributed by atoms with van der Waals surface area (Å²) in [4.78, 5) is 20.7. The highest BCUT2D eigenvalue weighted by atomic mass is 16.5. The lowest BCUT2D eigenvalue weighted by molar-refractivity contribution is 0.0520. The topological polar surface area (TPSA) is 52.1 Å². The van der Waals surface area contributed by atoms with Gasteiger partial charge in [-0.2, -0.15) is 0 Å². The van der Waals surface area contributed by atoms with Crippen LogP contribution in [-0.4, -0.2) is 22.5 Å². The van der Waals surface area contributed by atoms with Crippen LogP contribution in [0.3, 0.4) is 0 Å².